The Bertz CT molecular complexity index is 762. The minimum Gasteiger partial charge on any atom is -0.461 e. The summed E-state index contributed by atoms with van der Waals surface area (Å²) in [7, 11) is 0. The number of aromatic nitrogens is 2. The van der Waals surface area contributed by atoms with E-state index >= 15 is 0 Å². The van der Waals surface area contributed by atoms with Crippen molar-refractivity contribution in [3.63, 3.8) is 0 Å². The number of hydrogen-bond acceptors (Lipinski definition) is 4. The maximum Gasteiger partial charge on any atom is 0.356 e. The molecule has 1 aliphatic carbocycles. The predicted octanol–water partition coefficient (Wildman–Crippen LogP) is 2.94. The summed E-state index contributed by atoms with van der Waals surface area (Å²) in [6.07, 6.45) is 1.95. The van der Waals surface area contributed by atoms with Crippen molar-refractivity contribution in [2.75, 3.05) is 6.61 Å². The molecule has 5 nitrogen and oxygen atoms in total. The Kier molecular flexibility index (Phi) is 4.28. The molecule has 1 heterocycles. The fourth-order valence-electron chi connectivity index (χ4n) is 3.03. The highest BCUT2D eigenvalue weighted by molar-refractivity contribution is 6.00. The highest BCUT2D eigenvalue weighted by Crippen LogP contribution is 2.25. The summed E-state index contributed by atoms with van der Waals surface area (Å²) in [6.45, 7) is 4.55. The second-order valence-electron chi connectivity index (χ2n) is 5.82. The summed E-state index contributed by atoms with van der Waals surface area (Å²) in [5.41, 5.74) is 3.80. The molecule has 1 aromatic carbocycles. The van der Waals surface area contributed by atoms with Gasteiger partial charge >= 0.3 is 5.97 Å². The number of aryl methyl sites for hydroxylation is 1. The smallest absolute Gasteiger partial charge is 0.356 e. The highest BCUT2D eigenvalue weighted by atomic mass is 16.5. The Balaban J connectivity index is 2.04. The quantitative estimate of drug-likeness (QED) is 0.814. The number of benzene rings is 1. The van der Waals surface area contributed by atoms with Crippen LogP contribution in [0.4, 0.5) is 0 Å². The summed E-state index contributed by atoms with van der Waals surface area (Å²) < 4.78 is 6.80. The molecule has 120 valence electrons. The first kappa shape index (κ1) is 15.5. The van der Waals surface area contributed by atoms with Gasteiger partial charge in [-0.15, -0.1) is 0 Å². The minimum absolute atomic E-state index is 0.0137. The van der Waals surface area contributed by atoms with E-state index in [1.54, 1.807) is 11.6 Å². The summed E-state index contributed by atoms with van der Waals surface area (Å²) in [5, 5.41) is 4.43. The molecule has 0 radical (unpaired) electrons. The van der Waals surface area contributed by atoms with E-state index in [1.807, 2.05) is 25.1 Å². The molecule has 0 spiro atoms. The lowest BCUT2D eigenvalue weighted by Gasteiger charge is -2.11. The van der Waals surface area contributed by atoms with Gasteiger partial charge in [0.2, 0.25) is 0 Å². The number of fused-ring (bicyclic) bond motifs is 1. The zero-order valence-electron chi connectivity index (χ0n) is 13.5. The van der Waals surface area contributed by atoms with Crippen LogP contribution in [-0.4, -0.2) is 28.1 Å². The molecular weight excluding hydrogens is 292 g/mol. The van der Waals surface area contributed by atoms with E-state index in [0.717, 1.165) is 23.1 Å². The van der Waals surface area contributed by atoms with Crippen LogP contribution in [0.3, 0.4) is 0 Å². The normalized spacial score (nSPS) is 13.7. The maximum absolute atomic E-state index is 12.4. The zero-order valence-corrected chi connectivity index (χ0v) is 13.5. The van der Waals surface area contributed by atoms with Crippen molar-refractivity contribution < 1.29 is 14.3 Å². The average Bonchev–Trinajstić information content (AvgIpc) is 2.87. The monoisotopic (exact) mass is 312 g/mol. The molecule has 0 bridgehead atoms. The summed E-state index contributed by atoms with van der Waals surface area (Å²) in [4.78, 5) is 24.5. The van der Waals surface area contributed by atoms with E-state index < -0.39 is 5.97 Å². The second-order valence-corrected chi connectivity index (χ2v) is 5.82. The predicted molar refractivity (Wildman–Crippen MR) is 85.7 cm³/mol. The number of hydrogen-bond donors (Lipinski definition) is 0. The Morgan fingerprint density at radius 1 is 1.35 bits per heavy atom. The SMILES string of the molecule is CCOC(=O)c1c2c(nn1Cc1cccc(C)c1)C(=O)CCC2. The molecule has 5 heteroatoms. The van der Waals surface area contributed by atoms with Gasteiger partial charge in [-0.05, 0) is 32.3 Å². The number of ketones is 1. The van der Waals surface area contributed by atoms with Gasteiger partial charge in [-0.25, -0.2) is 4.79 Å². The van der Waals surface area contributed by atoms with Gasteiger partial charge in [-0.2, -0.15) is 5.10 Å². The fraction of sp³-hybridized carbons (Fsp3) is 0.389. The van der Waals surface area contributed by atoms with Crippen LogP contribution in [-0.2, 0) is 17.7 Å². The zero-order chi connectivity index (χ0) is 16.4. The molecule has 3 rings (SSSR count). The van der Waals surface area contributed by atoms with Crippen molar-refractivity contribution in [3.05, 3.63) is 52.3 Å². The number of ether oxygens (including phenoxy) is 1. The van der Waals surface area contributed by atoms with Crippen molar-refractivity contribution in [3.8, 4) is 0 Å². The Labute approximate surface area is 135 Å². The third kappa shape index (κ3) is 3.04. The van der Waals surface area contributed by atoms with Crippen LogP contribution >= 0.6 is 0 Å². The average molecular weight is 312 g/mol. The van der Waals surface area contributed by atoms with Crippen molar-refractivity contribution in [1.29, 1.82) is 0 Å². The molecule has 0 saturated heterocycles. The van der Waals surface area contributed by atoms with Gasteiger partial charge in [0, 0.05) is 12.0 Å². The summed E-state index contributed by atoms with van der Waals surface area (Å²) in [6, 6.07) is 8.04. The summed E-state index contributed by atoms with van der Waals surface area (Å²) in [5.74, 6) is -0.386. The van der Waals surface area contributed by atoms with E-state index in [-0.39, 0.29) is 5.78 Å². The Morgan fingerprint density at radius 3 is 2.91 bits per heavy atom. The van der Waals surface area contributed by atoms with Crippen molar-refractivity contribution in [2.24, 2.45) is 0 Å². The number of esters is 1. The number of rotatable bonds is 4. The molecule has 0 amide bonds. The van der Waals surface area contributed by atoms with Gasteiger partial charge in [0.1, 0.15) is 5.69 Å². The van der Waals surface area contributed by atoms with Crippen LogP contribution in [0.25, 0.3) is 0 Å². The Morgan fingerprint density at radius 2 is 2.17 bits per heavy atom. The molecule has 0 N–H and O–H groups in total. The third-order valence-corrected chi connectivity index (χ3v) is 4.03. The van der Waals surface area contributed by atoms with Gasteiger partial charge in [0.25, 0.3) is 0 Å². The molecule has 0 unspecified atom stereocenters. The van der Waals surface area contributed by atoms with Crippen LogP contribution in [0, 0.1) is 6.92 Å². The molecule has 1 aliphatic rings. The number of carbonyl (C=O) groups is 2. The number of Topliss-reactive ketones (excluding diaryl/α,β-unsaturated/α-hetero) is 1. The topological polar surface area (TPSA) is 61.2 Å². The van der Waals surface area contributed by atoms with E-state index in [0.29, 0.717) is 37.4 Å². The van der Waals surface area contributed by atoms with E-state index in [9.17, 15) is 9.59 Å². The Hall–Kier alpha value is -2.43. The van der Waals surface area contributed by atoms with E-state index in [2.05, 4.69) is 11.2 Å². The second kappa shape index (κ2) is 6.36. The van der Waals surface area contributed by atoms with Gasteiger partial charge in [-0.1, -0.05) is 29.8 Å². The molecule has 23 heavy (non-hydrogen) atoms. The van der Waals surface area contributed by atoms with Crippen LogP contribution in [0.15, 0.2) is 24.3 Å². The van der Waals surface area contributed by atoms with Gasteiger partial charge < -0.3 is 4.74 Å². The molecule has 1 aromatic heterocycles. The van der Waals surface area contributed by atoms with Crippen molar-refractivity contribution in [2.45, 2.75) is 39.7 Å². The first-order valence-corrected chi connectivity index (χ1v) is 7.95. The lowest BCUT2D eigenvalue weighted by Crippen LogP contribution is -2.16. The lowest BCUT2D eigenvalue weighted by molar-refractivity contribution is 0.0511. The van der Waals surface area contributed by atoms with Gasteiger partial charge in [0.05, 0.1) is 13.2 Å². The van der Waals surface area contributed by atoms with Crippen LogP contribution < -0.4 is 0 Å². The number of nitrogens with zero attached hydrogens (tertiary/aromatic N) is 2. The van der Waals surface area contributed by atoms with Crippen LogP contribution in [0.2, 0.25) is 0 Å². The standard InChI is InChI=1S/C18H20N2O3/c1-3-23-18(22)17-14-8-5-9-15(21)16(14)19-20(17)11-13-7-4-6-12(2)10-13/h4,6-7,10H,3,5,8-9,11H2,1-2H3. The molecule has 0 fully saturated rings. The first-order valence-electron chi connectivity index (χ1n) is 7.95. The van der Waals surface area contributed by atoms with Crippen LogP contribution in [0.1, 0.15) is 57.4 Å². The summed E-state index contributed by atoms with van der Waals surface area (Å²) >= 11 is 0. The highest BCUT2D eigenvalue weighted by Gasteiger charge is 2.30. The van der Waals surface area contributed by atoms with Crippen molar-refractivity contribution in [1.82, 2.24) is 9.78 Å². The van der Waals surface area contributed by atoms with Crippen LogP contribution in [0.5, 0.6) is 0 Å². The molecule has 0 saturated carbocycles. The molecular formula is C18H20N2O3. The molecule has 2 aromatic rings. The number of carbonyl (C=O) groups excluding carboxylic acids is 2. The largest absolute Gasteiger partial charge is 0.461 e. The van der Waals surface area contributed by atoms with E-state index in [4.69, 9.17) is 4.74 Å². The third-order valence-electron chi connectivity index (χ3n) is 4.03. The maximum atomic E-state index is 12.4. The van der Waals surface area contributed by atoms with Crippen molar-refractivity contribution >= 4 is 11.8 Å². The molecule has 0 aliphatic heterocycles. The fourth-order valence-corrected chi connectivity index (χ4v) is 3.03. The minimum atomic E-state index is -0.399. The lowest BCUT2D eigenvalue weighted by atomic mass is 9.95. The van der Waals surface area contributed by atoms with Gasteiger partial charge in [-0.3, -0.25) is 9.48 Å². The first-order chi connectivity index (χ1) is 11.1. The molecule has 0 atom stereocenters. The van der Waals surface area contributed by atoms with Gasteiger partial charge in [0.15, 0.2) is 11.5 Å². The van der Waals surface area contributed by atoms with E-state index in [1.165, 1.54) is 0 Å².